The molecule has 3 amide bonds. The van der Waals surface area contributed by atoms with Crippen molar-refractivity contribution in [3.63, 3.8) is 0 Å². The number of carbonyl (C=O) groups excluding carboxylic acids is 4. The highest BCUT2D eigenvalue weighted by Crippen LogP contribution is 2.33. The fourth-order valence-electron chi connectivity index (χ4n) is 4.50. The van der Waals surface area contributed by atoms with E-state index in [1.54, 1.807) is 44.3 Å². The highest BCUT2D eigenvalue weighted by atomic mass is 16.2. The first-order valence-electron chi connectivity index (χ1n) is 12.4. The van der Waals surface area contributed by atoms with Gasteiger partial charge in [-0.05, 0) is 11.5 Å². The number of hydrogen-bond donors (Lipinski definition) is 1. The van der Waals surface area contributed by atoms with Gasteiger partial charge in [-0.15, -0.1) is 0 Å². The van der Waals surface area contributed by atoms with Crippen LogP contribution in [0.2, 0.25) is 0 Å². The van der Waals surface area contributed by atoms with Crippen molar-refractivity contribution in [1.82, 2.24) is 14.9 Å². The molecule has 1 unspecified atom stereocenters. The third-order valence-corrected chi connectivity index (χ3v) is 6.28. The zero-order chi connectivity index (χ0) is 27.3. The Labute approximate surface area is 218 Å². The highest BCUT2D eigenvalue weighted by molar-refractivity contribution is 6.29. The summed E-state index contributed by atoms with van der Waals surface area (Å²) in [6, 6.07) is 16.1. The van der Waals surface area contributed by atoms with Crippen LogP contribution in [0, 0.1) is 17.2 Å². The van der Waals surface area contributed by atoms with Crippen molar-refractivity contribution in [2.75, 3.05) is 0 Å². The maximum Gasteiger partial charge on any atom is 0.269 e. The summed E-state index contributed by atoms with van der Waals surface area (Å²) >= 11 is 0. The van der Waals surface area contributed by atoms with Gasteiger partial charge in [0.1, 0.15) is 12.1 Å². The zero-order valence-electron chi connectivity index (χ0n) is 21.9. The second kappa shape index (κ2) is 11.8. The van der Waals surface area contributed by atoms with Gasteiger partial charge < -0.3 is 10.3 Å². The van der Waals surface area contributed by atoms with Crippen LogP contribution in [-0.2, 0) is 25.6 Å². The Bertz CT molecular complexity index is 1190. The van der Waals surface area contributed by atoms with E-state index in [9.17, 15) is 19.2 Å². The molecule has 1 aliphatic heterocycles. The Hall–Kier alpha value is -4.07. The molecule has 2 atom stereocenters. The number of hydrogen-bond acceptors (Lipinski definition) is 5. The molecule has 0 aliphatic carbocycles. The number of nitrogens with one attached hydrogen (secondary N) is 1. The molecule has 37 heavy (non-hydrogen) atoms. The van der Waals surface area contributed by atoms with Crippen LogP contribution in [0.15, 0.2) is 66.9 Å². The minimum Gasteiger partial charge on any atom is -0.305 e. The molecule has 8 heteroatoms. The lowest BCUT2D eigenvalue weighted by Gasteiger charge is -2.47. The summed E-state index contributed by atoms with van der Waals surface area (Å²) in [7, 11) is 0. The number of nitrogens with zero attached hydrogens (tertiary/aromatic N) is 3. The van der Waals surface area contributed by atoms with Crippen LogP contribution in [0.5, 0.6) is 0 Å². The molecule has 1 N–H and O–H groups in total. The van der Waals surface area contributed by atoms with Gasteiger partial charge >= 0.3 is 0 Å². The summed E-state index contributed by atoms with van der Waals surface area (Å²) in [5.74, 6) is -2.48. The van der Waals surface area contributed by atoms with Gasteiger partial charge in [-0.2, -0.15) is 0 Å². The quantitative estimate of drug-likeness (QED) is 0.525. The Morgan fingerprint density at radius 1 is 0.973 bits per heavy atom. The van der Waals surface area contributed by atoms with Gasteiger partial charge in [-0.25, -0.2) is 10.0 Å². The van der Waals surface area contributed by atoms with Crippen molar-refractivity contribution < 1.29 is 19.2 Å². The summed E-state index contributed by atoms with van der Waals surface area (Å²) in [5, 5.41) is 10.1. The van der Waals surface area contributed by atoms with Crippen LogP contribution in [0.1, 0.15) is 45.7 Å². The largest absolute Gasteiger partial charge is 0.305 e. The Morgan fingerprint density at radius 3 is 2.03 bits per heavy atom. The molecule has 0 bridgehead atoms. The molecule has 2 aromatic rings. The standard InChI is InChI=1S/C29H34N4O4/c1-19(2)27-29(37)33(25(23-14-10-7-11-15-23)18-31(27)28(36)20(3)4)32(21(5)34)24(26(35)17-30)16-22-12-8-6-9-13-22/h6-15,17-20,24,27,30H,16H2,1-5H3/t24-,27?/m0/s1. The van der Waals surface area contributed by atoms with E-state index in [0.717, 1.165) is 10.6 Å². The normalized spacial score (nSPS) is 16.5. The number of rotatable bonds is 9. The maximum atomic E-state index is 14.2. The van der Waals surface area contributed by atoms with E-state index in [1.807, 2.05) is 50.2 Å². The van der Waals surface area contributed by atoms with E-state index >= 15 is 0 Å². The first kappa shape index (κ1) is 27.5. The molecule has 1 aliphatic rings. The maximum absolute atomic E-state index is 14.2. The molecule has 194 valence electrons. The van der Waals surface area contributed by atoms with E-state index in [0.29, 0.717) is 17.5 Å². The number of ketones is 1. The molecule has 0 saturated heterocycles. The van der Waals surface area contributed by atoms with Gasteiger partial charge in [0, 0.05) is 31.0 Å². The molecule has 1 heterocycles. The van der Waals surface area contributed by atoms with Crippen molar-refractivity contribution in [2.45, 2.75) is 53.1 Å². The Kier molecular flexibility index (Phi) is 8.76. The molecule has 0 saturated carbocycles. The van der Waals surface area contributed by atoms with Crippen LogP contribution in [0.4, 0.5) is 0 Å². The van der Waals surface area contributed by atoms with Crippen molar-refractivity contribution in [1.29, 1.82) is 5.41 Å². The lowest BCUT2D eigenvalue weighted by molar-refractivity contribution is -0.168. The fourth-order valence-corrected chi connectivity index (χ4v) is 4.50. The number of benzene rings is 2. The third-order valence-electron chi connectivity index (χ3n) is 6.28. The smallest absolute Gasteiger partial charge is 0.269 e. The van der Waals surface area contributed by atoms with Gasteiger partial charge in [-0.3, -0.25) is 19.2 Å². The lowest BCUT2D eigenvalue weighted by Crippen LogP contribution is -2.63. The summed E-state index contributed by atoms with van der Waals surface area (Å²) in [6.45, 7) is 8.51. The van der Waals surface area contributed by atoms with Crippen LogP contribution in [0.3, 0.4) is 0 Å². The predicted octanol–water partition coefficient (Wildman–Crippen LogP) is 3.93. The zero-order valence-corrected chi connectivity index (χ0v) is 21.9. The highest BCUT2D eigenvalue weighted by Gasteiger charge is 2.46. The topological polar surface area (TPSA) is 102 Å². The van der Waals surface area contributed by atoms with Gasteiger partial charge in [0.05, 0.1) is 11.9 Å². The number of Topliss-reactive ketones (excluding diaryl/α,β-unsaturated/α-hetero) is 1. The second-order valence-electron chi connectivity index (χ2n) is 9.74. The van der Waals surface area contributed by atoms with E-state index in [2.05, 4.69) is 0 Å². The molecular formula is C29H34N4O4. The van der Waals surface area contributed by atoms with Gasteiger partial charge in [0.2, 0.25) is 11.8 Å². The summed E-state index contributed by atoms with van der Waals surface area (Å²) in [5.41, 5.74) is 1.69. The fraction of sp³-hybridized carbons (Fsp3) is 0.345. The Morgan fingerprint density at radius 2 is 1.54 bits per heavy atom. The third kappa shape index (κ3) is 5.85. The van der Waals surface area contributed by atoms with Crippen molar-refractivity contribution in [3.05, 3.63) is 78.0 Å². The average molecular weight is 503 g/mol. The van der Waals surface area contributed by atoms with E-state index in [1.165, 1.54) is 16.8 Å². The molecule has 0 fully saturated rings. The van der Waals surface area contributed by atoms with Crippen molar-refractivity contribution in [3.8, 4) is 0 Å². The van der Waals surface area contributed by atoms with E-state index < -0.39 is 29.7 Å². The summed E-state index contributed by atoms with van der Waals surface area (Å²) < 4.78 is 0. The Balaban J connectivity index is 2.26. The second-order valence-corrected chi connectivity index (χ2v) is 9.74. The number of hydrazine groups is 1. The molecule has 0 aromatic heterocycles. The number of carbonyl (C=O) groups is 4. The summed E-state index contributed by atoms with van der Waals surface area (Å²) in [4.78, 5) is 55.2. The van der Waals surface area contributed by atoms with Crippen LogP contribution >= 0.6 is 0 Å². The van der Waals surface area contributed by atoms with E-state index in [-0.39, 0.29) is 24.2 Å². The SMILES string of the molecule is CC(=O)N([C@@H](Cc1ccccc1)C(=O)C=N)N1C(=O)C(C(C)C)N(C(=O)C(C)C)C=C1c1ccccc1. The molecule has 0 spiro atoms. The first-order chi connectivity index (χ1) is 17.6. The average Bonchev–Trinajstić information content (AvgIpc) is 2.88. The van der Waals surface area contributed by atoms with E-state index in [4.69, 9.17) is 5.41 Å². The monoisotopic (exact) mass is 502 g/mol. The summed E-state index contributed by atoms with van der Waals surface area (Å²) in [6.07, 6.45) is 2.40. The molecule has 8 nitrogen and oxygen atoms in total. The lowest BCUT2D eigenvalue weighted by atomic mass is 9.96. The minimum atomic E-state index is -1.13. The number of amides is 3. The van der Waals surface area contributed by atoms with Crippen LogP contribution < -0.4 is 0 Å². The van der Waals surface area contributed by atoms with Crippen LogP contribution in [-0.4, -0.2) is 56.7 Å². The first-order valence-corrected chi connectivity index (χ1v) is 12.4. The van der Waals surface area contributed by atoms with Gasteiger partial charge in [-0.1, -0.05) is 88.4 Å². The molecule has 0 radical (unpaired) electrons. The van der Waals surface area contributed by atoms with Gasteiger partial charge in [0.15, 0.2) is 5.78 Å². The van der Waals surface area contributed by atoms with Gasteiger partial charge in [0.25, 0.3) is 5.91 Å². The van der Waals surface area contributed by atoms with Crippen LogP contribution in [0.25, 0.3) is 5.70 Å². The molecular weight excluding hydrogens is 468 g/mol. The molecule has 2 aromatic carbocycles. The predicted molar refractivity (Wildman–Crippen MR) is 142 cm³/mol. The van der Waals surface area contributed by atoms with Crippen molar-refractivity contribution in [2.24, 2.45) is 11.8 Å². The molecule has 3 rings (SSSR count). The van der Waals surface area contributed by atoms with Crippen molar-refractivity contribution >= 4 is 35.4 Å². The minimum absolute atomic E-state index is 0.113.